The maximum atomic E-state index is 12.0. The summed E-state index contributed by atoms with van der Waals surface area (Å²) < 4.78 is 12.0. The van der Waals surface area contributed by atoms with Gasteiger partial charge >= 0.3 is 0 Å². The van der Waals surface area contributed by atoms with Gasteiger partial charge in [-0.25, -0.2) is 0 Å². The number of carbonyl (C=O) groups is 1. The molecule has 1 atom stereocenters. The van der Waals surface area contributed by atoms with E-state index in [1.807, 2.05) is 36.1 Å². The predicted octanol–water partition coefficient (Wildman–Crippen LogP) is 2.86. The third kappa shape index (κ3) is 4.80. The van der Waals surface area contributed by atoms with Crippen LogP contribution in [0.5, 0.6) is 5.75 Å². The van der Waals surface area contributed by atoms with Crippen LogP contribution in [0.3, 0.4) is 0 Å². The largest absolute Gasteiger partial charge is 0.494 e. The van der Waals surface area contributed by atoms with E-state index in [1.54, 1.807) is 0 Å². The molecule has 0 aromatic heterocycles. The molecule has 1 unspecified atom stereocenters. The number of hydrogen-bond acceptors (Lipinski definition) is 3. The molecule has 110 valence electrons. The van der Waals surface area contributed by atoms with Gasteiger partial charge in [0.15, 0.2) is 0 Å². The fourth-order valence-corrected chi connectivity index (χ4v) is 2.55. The van der Waals surface area contributed by atoms with E-state index in [9.17, 15) is 4.79 Å². The van der Waals surface area contributed by atoms with Gasteiger partial charge in [0, 0.05) is 24.0 Å². The summed E-state index contributed by atoms with van der Waals surface area (Å²) >= 11 is 3.40. The van der Waals surface area contributed by atoms with Crippen molar-refractivity contribution >= 4 is 21.8 Å². The number of amides is 1. The van der Waals surface area contributed by atoms with Crippen molar-refractivity contribution in [3.8, 4) is 5.75 Å². The minimum atomic E-state index is 0.144. The predicted molar refractivity (Wildman–Crippen MR) is 80.9 cm³/mol. The lowest BCUT2D eigenvalue weighted by molar-refractivity contribution is -0.138. The van der Waals surface area contributed by atoms with Gasteiger partial charge in [-0.2, -0.15) is 0 Å². The van der Waals surface area contributed by atoms with Crippen LogP contribution < -0.4 is 4.74 Å². The molecule has 20 heavy (non-hydrogen) atoms. The first-order chi connectivity index (χ1) is 9.65. The molecule has 0 bridgehead atoms. The second kappa shape index (κ2) is 7.64. The molecule has 5 heteroatoms. The highest BCUT2D eigenvalue weighted by atomic mass is 79.9. The van der Waals surface area contributed by atoms with Gasteiger partial charge in [0.25, 0.3) is 0 Å². The monoisotopic (exact) mass is 341 g/mol. The summed E-state index contributed by atoms with van der Waals surface area (Å²) in [5, 5.41) is 0. The number of hydrogen-bond donors (Lipinski definition) is 0. The number of morpholine rings is 1. The van der Waals surface area contributed by atoms with Crippen LogP contribution in [0.1, 0.15) is 19.8 Å². The van der Waals surface area contributed by atoms with Gasteiger partial charge in [-0.1, -0.05) is 22.0 Å². The first-order valence-electron chi connectivity index (χ1n) is 6.93. The van der Waals surface area contributed by atoms with Crippen LogP contribution in [0.25, 0.3) is 0 Å². The van der Waals surface area contributed by atoms with E-state index in [-0.39, 0.29) is 12.0 Å². The summed E-state index contributed by atoms with van der Waals surface area (Å²) in [4.78, 5) is 13.9. The number of halogens is 1. The van der Waals surface area contributed by atoms with Crippen LogP contribution in [0, 0.1) is 0 Å². The molecule has 1 aliphatic heterocycles. The minimum Gasteiger partial charge on any atom is -0.494 e. The molecule has 0 spiro atoms. The summed E-state index contributed by atoms with van der Waals surface area (Å²) in [6, 6.07) is 7.72. The summed E-state index contributed by atoms with van der Waals surface area (Å²) in [6.45, 7) is 4.60. The van der Waals surface area contributed by atoms with Crippen molar-refractivity contribution in [1.29, 1.82) is 0 Å². The standard InChI is InChI=1S/C15H20BrNO3/c1-12-11-17(7-9-19-12)15(18)6-3-8-20-14-5-2-4-13(16)10-14/h2,4-5,10,12H,3,6-9,11H2,1H3. The SMILES string of the molecule is CC1CN(C(=O)CCCOc2cccc(Br)c2)CCO1. The number of carbonyl (C=O) groups excluding carboxylic acids is 1. The molecule has 4 nitrogen and oxygen atoms in total. The zero-order valence-electron chi connectivity index (χ0n) is 11.7. The van der Waals surface area contributed by atoms with Crippen LogP contribution in [0.4, 0.5) is 0 Å². The van der Waals surface area contributed by atoms with Crippen LogP contribution in [0.15, 0.2) is 28.7 Å². The molecule has 1 heterocycles. The van der Waals surface area contributed by atoms with Crippen molar-refractivity contribution in [3.63, 3.8) is 0 Å². The average molecular weight is 342 g/mol. The van der Waals surface area contributed by atoms with E-state index in [1.165, 1.54) is 0 Å². The molecule has 1 fully saturated rings. The molecular weight excluding hydrogens is 322 g/mol. The van der Waals surface area contributed by atoms with Crippen LogP contribution in [0.2, 0.25) is 0 Å². The van der Waals surface area contributed by atoms with Crippen LogP contribution >= 0.6 is 15.9 Å². The third-order valence-corrected chi connectivity index (χ3v) is 3.69. The van der Waals surface area contributed by atoms with Crippen molar-refractivity contribution in [2.75, 3.05) is 26.3 Å². The fourth-order valence-electron chi connectivity index (χ4n) is 2.17. The van der Waals surface area contributed by atoms with E-state index < -0.39 is 0 Å². The topological polar surface area (TPSA) is 38.8 Å². The van der Waals surface area contributed by atoms with E-state index in [0.717, 1.165) is 16.6 Å². The molecular formula is C15H20BrNO3. The Morgan fingerprint density at radius 2 is 2.40 bits per heavy atom. The van der Waals surface area contributed by atoms with E-state index >= 15 is 0 Å². The second-order valence-corrected chi connectivity index (χ2v) is 5.85. The Hall–Kier alpha value is -1.07. The summed E-state index contributed by atoms with van der Waals surface area (Å²) in [5.74, 6) is 1.02. The molecule has 0 aliphatic carbocycles. The third-order valence-electron chi connectivity index (χ3n) is 3.19. The lowest BCUT2D eigenvalue weighted by Gasteiger charge is -2.31. The maximum Gasteiger partial charge on any atom is 0.222 e. The first kappa shape index (κ1) is 15.3. The Kier molecular flexibility index (Phi) is 5.86. The number of benzene rings is 1. The Balaban J connectivity index is 1.66. The molecule has 1 aliphatic rings. The Labute approximate surface area is 128 Å². The highest BCUT2D eigenvalue weighted by molar-refractivity contribution is 9.10. The van der Waals surface area contributed by atoms with Gasteiger partial charge in [0.1, 0.15) is 5.75 Å². The molecule has 1 amide bonds. The van der Waals surface area contributed by atoms with E-state index in [4.69, 9.17) is 9.47 Å². The molecule has 0 N–H and O–H groups in total. The van der Waals surface area contributed by atoms with Crippen molar-refractivity contribution in [1.82, 2.24) is 4.90 Å². The van der Waals surface area contributed by atoms with Gasteiger partial charge in [-0.05, 0) is 31.5 Å². The molecule has 0 radical (unpaired) electrons. The highest BCUT2D eigenvalue weighted by Crippen LogP contribution is 2.18. The lowest BCUT2D eigenvalue weighted by atomic mass is 10.2. The van der Waals surface area contributed by atoms with E-state index in [2.05, 4.69) is 15.9 Å². The molecule has 1 aromatic carbocycles. The average Bonchev–Trinajstić information content (AvgIpc) is 2.43. The van der Waals surface area contributed by atoms with Crippen LogP contribution in [-0.4, -0.2) is 43.2 Å². The van der Waals surface area contributed by atoms with Crippen LogP contribution in [-0.2, 0) is 9.53 Å². The molecule has 2 rings (SSSR count). The Morgan fingerprint density at radius 1 is 1.55 bits per heavy atom. The van der Waals surface area contributed by atoms with Gasteiger partial charge < -0.3 is 14.4 Å². The van der Waals surface area contributed by atoms with E-state index in [0.29, 0.717) is 32.7 Å². The smallest absolute Gasteiger partial charge is 0.222 e. The first-order valence-corrected chi connectivity index (χ1v) is 7.72. The maximum absolute atomic E-state index is 12.0. The van der Waals surface area contributed by atoms with Crippen molar-refractivity contribution in [2.45, 2.75) is 25.9 Å². The van der Waals surface area contributed by atoms with Gasteiger partial charge in [-0.15, -0.1) is 0 Å². The lowest BCUT2D eigenvalue weighted by Crippen LogP contribution is -2.44. The van der Waals surface area contributed by atoms with Crippen molar-refractivity contribution in [2.24, 2.45) is 0 Å². The summed E-state index contributed by atoms with van der Waals surface area (Å²) in [6.07, 6.45) is 1.41. The summed E-state index contributed by atoms with van der Waals surface area (Å²) in [5.41, 5.74) is 0. The van der Waals surface area contributed by atoms with Crippen molar-refractivity contribution in [3.05, 3.63) is 28.7 Å². The zero-order valence-corrected chi connectivity index (χ0v) is 13.3. The van der Waals surface area contributed by atoms with Gasteiger partial charge in [0.05, 0.1) is 19.3 Å². The zero-order chi connectivity index (χ0) is 14.4. The minimum absolute atomic E-state index is 0.144. The quantitative estimate of drug-likeness (QED) is 0.773. The fraction of sp³-hybridized carbons (Fsp3) is 0.533. The Morgan fingerprint density at radius 3 is 3.15 bits per heavy atom. The molecule has 1 aromatic rings. The Bertz CT molecular complexity index is 452. The molecule has 0 saturated carbocycles. The van der Waals surface area contributed by atoms with Crippen molar-refractivity contribution < 1.29 is 14.3 Å². The number of nitrogens with zero attached hydrogens (tertiary/aromatic N) is 1. The second-order valence-electron chi connectivity index (χ2n) is 4.93. The summed E-state index contributed by atoms with van der Waals surface area (Å²) in [7, 11) is 0. The normalized spacial score (nSPS) is 18.9. The molecule has 1 saturated heterocycles. The van der Waals surface area contributed by atoms with Gasteiger partial charge in [0.2, 0.25) is 5.91 Å². The number of rotatable bonds is 5. The highest BCUT2D eigenvalue weighted by Gasteiger charge is 2.20. The van der Waals surface area contributed by atoms with Gasteiger partial charge in [-0.3, -0.25) is 4.79 Å². The number of ether oxygens (including phenoxy) is 2.